The molecule has 1 aromatic heterocycles. The molecule has 2 heterocycles. The number of hydrogen-bond acceptors (Lipinski definition) is 5. The van der Waals surface area contributed by atoms with Gasteiger partial charge in [-0.3, -0.25) is 14.5 Å². The van der Waals surface area contributed by atoms with Gasteiger partial charge in [0.25, 0.3) is 11.7 Å². The molecule has 0 radical (unpaired) electrons. The van der Waals surface area contributed by atoms with Crippen LogP contribution in [0.4, 0.5) is 5.69 Å². The smallest absolute Gasteiger partial charge is 0.300 e. The Morgan fingerprint density at radius 2 is 1.90 bits per heavy atom. The van der Waals surface area contributed by atoms with E-state index in [1.165, 1.54) is 29.4 Å². The minimum atomic E-state index is -0.819. The number of methoxy groups -OCH3 is 1. The second kappa shape index (κ2) is 8.38. The topological polar surface area (TPSA) is 66.8 Å². The first-order chi connectivity index (χ1) is 14.8. The average molecular weight is 474 g/mol. The molecule has 1 unspecified atom stereocenters. The molecule has 0 bridgehead atoms. The number of nitrogens with zero attached hydrogens (tertiary/aromatic N) is 1. The highest BCUT2D eigenvalue weighted by atomic mass is 35.5. The van der Waals surface area contributed by atoms with Gasteiger partial charge in [0.05, 0.1) is 18.2 Å². The fraction of sp³-hybridized carbons (Fsp3) is 0.130. The predicted octanol–water partition coefficient (Wildman–Crippen LogP) is 6.00. The lowest BCUT2D eigenvalue weighted by Crippen LogP contribution is -2.29. The number of amides is 1. The number of benzene rings is 2. The zero-order valence-electron chi connectivity index (χ0n) is 16.6. The Bertz CT molecular complexity index is 1220. The molecule has 0 spiro atoms. The molecule has 0 saturated carbocycles. The fourth-order valence-corrected chi connectivity index (χ4v) is 4.83. The summed E-state index contributed by atoms with van der Waals surface area (Å²) in [7, 11) is 1.45. The summed E-state index contributed by atoms with van der Waals surface area (Å²) in [4.78, 5) is 28.5. The largest absolute Gasteiger partial charge is 0.507 e. The minimum absolute atomic E-state index is 0.0348. The summed E-state index contributed by atoms with van der Waals surface area (Å²) in [5, 5.41) is 13.9. The standard InChI is InChI=1S/C23H17Cl2NO4S/c1-12-15(25)5-3-6-16(12)26-20(18-7-4-10-31-18)19(22(28)23(26)29)21(27)14-11-13(24)8-9-17(14)30-2/h3-11,20,27H,1-2H3/b21-19-. The first-order valence-electron chi connectivity index (χ1n) is 9.28. The molecule has 1 aliphatic rings. The molecule has 0 aliphatic carbocycles. The van der Waals surface area contributed by atoms with Gasteiger partial charge in [-0.15, -0.1) is 11.3 Å². The highest BCUT2D eigenvalue weighted by Gasteiger charge is 2.48. The van der Waals surface area contributed by atoms with Crippen molar-refractivity contribution < 1.29 is 19.4 Å². The number of carbonyl (C=O) groups is 2. The zero-order chi connectivity index (χ0) is 22.3. The number of rotatable bonds is 4. The lowest BCUT2D eigenvalue weighted by Gasteiger charge is -2.26. The highest BCUT2D eigenvalue weighted by molar-refractivity contribution is 7.10. The van der Waals surface area contributed by atoms with Crippen LogP contribution in [-0.4, -0.2) is 23.9 Å². The van der Waals surface area contributed by atoms with Gasteiger partial charge in [0.2, 0.25) is 0 Å². The van der Waals surface area contributed by atoms with Gasteiger partial charge in [-0.1, -0.05) is 35.3 Å². The monoisotopic (exact) mass is 473 g/mol. The SMILES string of the molecule is COc1ccc(Cl)cc1/C(O)=C1/C(=O)C(=O)N(c2cccc(Cl)c2C)C1c1cccs1. The van der Waals surface area contributed by atoms with Crippen molar-refractivity contribution in [3.8, 4) is 5.75 Å². The second-order valence-electron chi connectivity index (χ2n) is 6.91. The number of hydrogen-bond donors (Lipinski definition) is 1. The van der Waals surface area contributed by atoms with Gasteiger partial charge in [-0.05, 0) is 54.3 Å². The van der Waals surface area contributed by atoms with Gasteiger partial charge in [-0.2, -0.15) is 0 Å². The van der Waals surface area contributed by atoms with Crippen molar-refractivity contribution >= 4 is 57.7 Å². The van der Waals surface area contributed by atoms with Crippen LogP contribution in [0.15, 0.2) is 59.5 Å². The Balaban J connectivity index is 1.99. The molecular formula is C23H17Cl2NO4S. The molecule has 3 aromatic rings. The van der Waals surface area contributed by atoms with Gasteiger partial charge in [0, 0.05) is 20.6 Å². The molecule has 1 amide bonds. The lowest BCUT2D eigenvalue weighted by atomic mass is 9.99. The number of aliphatic hydroxyl groups is 1. The Kier molecular flexibility index (Phi) is 5.79. The Morgan fingerprint density at radius 1 is 1.13 bits per heavy atom. The van der Waals surface area contributed by atoms with Gasteiger partial charge in [-0.25, -0.2) is 0 Å². The van der Waals surface area contributed by atoms with E-state index in [-0.39, 0.29) is 16.9 Å². The molecule has 2 aromatic carbocycles. The zero-order valence-corrected chi connectivity index (χ0v) is 18.9. The van der Waals surface area contributed by atoms with Crippen LogP contribution in [0.1, 0.15) is 22.0 Å². The molecule has 8 heteroatoms. The van der Waals surface area contributed by atoms with Crippen molar-refractivity contribution in [2.75, 3.05) is 12.0 Å². The number of Topliss-reactive ketones (excluding diaryl/α,β-unsaturated/α-hetero) is 1. The normalized spacial score (nSPS) is 17.9. The van der Waals surface area contributed by atoms with Crippen LogP contribution in [0.25, 0.3) is 5.76 Å². The van der Waals surface area contributed by atoms with Crippen molar-refractivity contribution in [1.29, 1.82) is 0 Å². The van der Waals surface area contributed by atoms with E-state index in [2.05, 4.69) is 0 Å². The Hall–Kier alpha value is -2.80. The number of carbonyl (C=O) groups excluding carboxylic acids is 2. The van der Waals surface area contributed by atoms with E-state index in [4.69, 9.17) is 27.9 Å². The van der Waals surface area contributed by atoms with Crippen molar-refractivity contribution in [2.45, 2.75) is 13.0 Å². The first-order valence-corrected chi connectivity index (χ1v) is 10.9. The van der Waals surface area contributed by atoms with Crippen molar-refractivity contribution in [3.05, 3.63) is 85.5 Å². The summed E-state index contributed by atoms with van der Waals surface area (Å²) in [6, 6.07) is 12.7. The van der Waals surface area contributed by atoms with Crippen LogP contribution in [-0.2, 0) is 9.59 Å². The molecule has 1 N–H and O–H groups in total. The van der Waals surface area contributed by atoms with Gasteiger partial charge in [0.15, 0.2) is 0 Å². The van der Waals surface area contributed by atoms with Gasteiger partial charge in [0.1, 0.15) is 17.6 Å². The predicted molar refractivity (Wildman–Crippen MR) is 123 cm³/mol. The van der Waals surface area contributed by atoms with Crippen LogP contribution in [0.2, 0.25) is 10.0 Å². The van der Waals surface area contributed by atoms with E-state index in [1.807, 2.05) is 17.5 Å². The summed E-state index contributed by atoms with van der Waals surface area (Å²) in [6.45, 7) is 1.78. The van der Waals surface area contributed by atoms with E-state index < -0.39 is 17.7 Å². The molecule has 5 nitrogen and oxygen atoms in total. The third kappa shape index (κ3) is 3.61. The number of anilines is 1. The van der Waals surface area contributed by atoms with E-state index in [1.54, 1.807) is 37.3 Å². The number of thiophene rings is 1. The molecular weight excluding hydrogens is 457 g/mol. The molecule has 31 heavy (non-hydrogen) atoms. The lowest BCUT2D eigenvalue weighted by molar-refractivity contribution is -0.132. The Labute approximate surface area is 193 Å². The van der Waals surface area contributed by atoms with Gasteiger partial charge >= 0.3 is 0 Å². The van der Waals surface area contributed by atoms with Crippen LogP contribution in [0.3, 0.4) is 0 Å². The summed E-state index contributed by atoms with van der Waals surface area (Å²) in [5.41, 5.74) is 1.36. The van der Waals surface area contributed by atoms with Crippen molar-refractivity contribution in [1.82, 2.24) is 0 Å². The molecule has 1 fully saturated rings. The number of aliphatic hydroxyl groups excluding tert-OH is 1. The minimum Gasteiger partial charge on any atom is -0.507 e. The maximum absolute atomic E-state index is 13.2. The van der Waals surface area contributed by atoms with E-state index in [0.717, 1.165) is 4.88 Å². The number of halogens is 2. The maximum atomic E-state index is 13.2. The Morgan fingerprint density at radius 3 is 2.58 bits per heavy atom. The van der Waals surface area contributed by atoms with E-state index in [0.29, 0.717) is 27.0 Å². The van der Waals surface area contributed by atoms with E-state index in [9.17, 15) is 14.7 Å². The van der Waals surface area contributed by atoms with Gasteiger partial charge < -0.3 is 9.84 Å². The van der Waals surface area contributed by atoms with Crippen molar-refractivity contribution in [2.24, 2.45) is 0 Å². The maximum Gasteiger partial charge on any atom is 0.300 e. The second-order valence-corrected chi connectivity index (χ2v) is 8.74. The molecule has 1 atom stereocenters. The average Bonchev–Trinajstić information content (AvgIpc) is 3.37. The first kappa shape index (κ1) is 21.4. The van der Waals surface area contributed by atoms with Crippen LogP contribution in [0.5, 0.6) is 5.75 Å². The van der Waals surface area contributed by atoms with E-state index >= 15 is 0 Å². The fourth-order valence-electron chi connectivity index (χ4n) is 3.66. The third-order valence-electron chi connectivity index (χ3n) is 5.17. The van der Waals surface area contributed by atoms with Crippen molar-refractivity contribution in [3.63, 3.8) is 0 Å². The summed E-state index contributed by atoms with van der Waals surface area (Å²) in [5.74, 6) is -1.56. The third-order valence-corrected chi connectivity index (χ3v) is 6.74. The highest BCUT2D eigenvalue weighted by Crippen LogP contribution is 2.46. The molecule has 1 saturated heterocycles. The molecule has 4 rings (SSSR count). The van der Waals surface area contributed by atoms with Crippen LogP contribution >= 0.6 is 34.5 Å². The summed E-state index contributed by atoms with van der Waals surface area (Å²) >= 11 is 13.8. The van der Waals surface area contributed by atoms with Crippen LogP contribution in [0, 0.1) is 6.92 Å². The molecule has 158 valence electrons. The number of ketones is 1. The van der Waals surface area contributed by atoms with Crippen LogP contribution < -0.4 is 9.64 Å². The summed E-state index contributed by atoms with van der Waals surface area (Å²) < 4.78 is 5.34. The molecule has 1 aliphatic heterocycles. The quantitative estimate of drug-likeness (QED) is 0.286. The summed E-state index contributed by atoms with van der Waals surface area (Å²) in [6.07, 6.45) is 0. The number of ether oxygens (including phenoxy) is 1.